The molecule has 3 saturated carbocycles. The average molecular weight is 958 g/mol. The lowest BCUT2D eigenvalue weighted by molar-refractivity contribution is -0.146. The lowest BCUT2D eigenvalue weighted by atomic mass is 9.85. The van der Waals surface area contributed by atoms with Gasteiger partial charge in [-0.15, -0.1) is 5.10 Å². The van der Waals surface area contributed by atoms with Gasteiger partial charge in [0.1, 0.15) is 59.4 Å². The molecule has 3 aromatic rings. The summed E-state index contributed by atoms with van der Waals surface area (Å²) in [5, 5.41) is 24.6. The average Bonchev–Trinajstić information content (AvgIpc) is 3.94. The Hall–Kier alpha value is -5.85. The van der Waals surface area contributed by atoms with Gasteiger partial charge in [0.25, 0.3) is 0 Å². The zero-order valence-electron chi connectivity index (χ0n) is 41.6. The first-order chi connectivity index (χ1) is 32.6. The molecule has 4 heterocycles. The number of hydrogen-bond acceptors (Lipinski definition) is 13. The number of benzene rings is 1. The highest BCUT2D eigenvalue weighted by molar-refractivity contribution is 5.96. The number of rotatable bonds is 16. The molecule has 0 bridgehead atoms. The van der Waals surface area contributed by atoms with Crippen LogP contribution in [-0.4, -0.2) is 152 Å². The Morgan fingerprint density at radius 3 is 2.29 bits per heavy atom. The number of alkyl carbamates (subject to hydrolysis) is 1. The van der Waals surface area contributed by atoms with E-state index in [1.54, 1.807) is 21.8 Å². The van der Waals surface area contributed by atoms with Crippen LogP contribution in [-0.2, 0) is 23.9 Å². The molecule has 0 spiro atoms. The van der Waals surface area contributed by atoms with Gasteiger partial charge in [-0.05, 0) is 95.6 Å². The Balaban J connectivity index is 1.03. The molecule has 1 unspecified atom stereocenters. The number of carbonyl (C=O) groups excluding carboxylic acids is 4. The summed E-state index contributed by atoms with van der Waals surface area (Å²) in [6.45, 7) is 20.5. The number of nitrogens with one attached hydrogen (secondary N) is 3. The van der Waals surface area contributed by atoms with Gasteiger partial charge < -0.3 is 49.8 Å². The Morgan fingerprint density at radius 1 is 0.928 bits per heavy atom. The summed E-state index contributed by atoms with van der Waals surface area (Å²) in [7, 11) is 0. The van der Waals surface area contributed by atoms with Crippen LogP contribution in [0.4, 0.5) is 15.4 Å². The van der Waals surface area contributed by atoms with Gasteiger partial charge in [-0.25, -0.2) is 24.0 Å². The molecule has 69 heavy (non-hydrogen) atoms. The molecule has 2 aliphatic heterocycles. The third kappa shape index (κ3) is 11.6. The van der Waals surface area contributed by atoms with E-state index in [-0.39, 0.29) is 43.5 Å². The number of carboxylic acids is 1. The van der Waals surface area contributed by atoms with Crippen molar-refractivity contribution in [2.24, 2.45) is 23.2 Å². The van der Waals surface area contributed by atoms with E-state index < -0.39 is 58.6 Å². The van der Waals surface area contributed by atoms with Gasteiger partial charge in [0.2, 0.25) is 11.8 Å². The molecule has 5 fully saturated rings. The molecular formula is C50H71N9O10. The van der Waals surface area contributed by atoms with Gasteiger partial charge in [0, 0.05) is 75.0 Å². The summed E-state index contributed by atoms with van der Waals surface area (Å²) in [6.07, 6.45) is 3.58. The Labute approximate surface area is 404 Å². The topological polar surface area (TPSA) is 219 Å². The van der Waals surface area contributed by atoms with E-state index in [9.17, 15) is 29.1 Å². The van der Waals surface area contributed by atoms with Crippen LogP contribution in [0.15, 0.2) is 36.5 Å². The van der Waals surface area contributed by atoms with Crippen LogP contribution in [0.3, 0.4) is 0 Å². The second kappa shape index (κ2) is 19.5. The number of fused-ring (bicyclic) bond motifs is 2. The predicted molar refractivity (Wildman–Crippen MR) is 256 cm³/mol. The highest BCUT2D eigenvalue weighted by atomic mass is 16.6. The van der Waals surface area contributed by atoms with Crippen LogP contribution in [0, 0.1) is 23.2 Å². The molecule has 4 amide bonds. The number of carbonyl (C=O) groups is 5. The Kier molecular flexibility index (Phi) is 14.0. The molecule has 376 valence electrons. The van der Waals surface area contributed by atoms with E-state index >= 15 is 0 Å². The molecule has 19 nitrogen and oxygen atoms in total. The highest BCUT2D eigenvalue weighted by Gasteiger charge is 2.61. The van der Waals surface area contributed by atoms with Crippen molar-refractivity contribution in [2.45, 2.75) is 142 Å². The fourth-order valence-electron chi connectivity index (χ4n) is 10.1. The number of ether oxygens (including phenoxy) is 4. The van der Waals surface area contributed by atoms with Crippen molar-refractivity contribution in [1.29, 1.82) is 0 Å². The van der Waals surface area contributed by atoms with E-state index in [0.717, 1.165) is 12.8 Å². The number of hydrogen-bond donors (Lipinski definition) is 4. The van der Waals surface area contributed by atoms with Crippen molar-refractivity contribution in [3.8, 4) is 17.3 Å². The van der Waals surface area contributed by atoms with Crippen molar-refractivity contribution in [2.75, 3.05) is 51.2 Å². The van der Waals surface area contributed by atoms with Crippen molar-refractivity contribution < 1.29 is 48.0 Å². The second-order valence-electron chi connectivity index (χ2n) is 22.0. The minimum Gasteiger partial charge on any atom is -0.492 e. The quantitative estimate of drug-likeness (QED) is 0.133. The molecule has 8 atom stereocenters. The van der Waals surface area contributed by atoms with E-state index in [2.05, 4.69) is 20.9 Å². The van der Waals surface area contributed by atoms with E-state index in [1.165, 1.54) is 11.3 Å². The van der Waals surface area contributed by atoms with Crippen LogP contribution in [0.2, 0.25) is 0 Å². The van der Waals surface area contributed by atoms with Gasteiger partial charge in [-0.3, -0.25) is 14.5 Å². The first-order valence-electron chi connectivity index (χ1n) is 24.7. The summed E-state index contributed by atoms with van der Waals surface area (Å²) < 4.78 is 26.1. The maximum Gasteiger partial charge on any atom is 0.410 e. The van der Waals surface area contributed by atoms with E-state index in [0.29, 0.717) is 91.6 Å². The normalized spacial score (nSPS) is 26.0. The van der Waals surface area contributed by atoms with E-state index in [4.69, 9.17) is 29.0 Å². The fraction of sp³-hybridized carbons (Fsp3) is 0.660. The minimum atomic E-state index is -1.42. The van der Waals surface area contributed by atoms with Crippen molar-refractivity contribution in [3.63, 3.8) is 0 Å². The number of likely N-dealkylation sites (tertiary alicyclic amines) is 1. The van der Waals surface area contributed by atoms with Crippen molar-refractivity contribution >= 4 is 46.7 Å². The molecule has 2 aromatic heterocycles. The molecule has 19 heteroatoms. The largest absolute Gasteiger partial charge is 0.492 e. The number of carboxylic acid groups (broad SMARTS) is 1. The van der Waals surface area contributed by atoms with Gasteiger partial charge in [-0.1, -0.05) is 34.1 Å². The molecule has 5 aliphatic rings. The molecule has 8 rings (SSSR count). The van der Waals surface area contributed by atoms with Crippen LogP contribution in [0.25, 0.3) is 16.7 Å². The number of amides is 4. The lowest BCUT2D eigenvalue weighted by Gasteiger charge is -2.35. The van der Waals surface area contributed by atoms with Gasteiger partial charge >= 0.3 is 18.2 Å². The standard InChI is InChI=1S/C50H71N9O10/c1-10-32-27-50(32,45(62)63)54-43(60)38-25-35(28-58(38)44(61)42(48(4,5)6)53-46(64)68-34-22-30-21-31(30)23-34)67-39-26-41(59-14-13-40(55-59)51-29(2)3)52-37-24-33(11-12-36(37)39)66-20-19-56-15-17-57(18-16-56)47(65)69-49(7,8)9/h11-14,24,26,29-32,34-35,38,42H,10,15-23,25,27-28H2,1-9H3,(H,51,55)(H,53,64)(H,54,60)(H,62,63)/t30-,31+,32-,34+,35-,38+,42?,50-/m1/s1. The summed E-state index contributed by atoms with van der Waals surface area (Å²) in [5.41, 5.74) is -2.22. The first kappa shape index (κ1) is 49.6. The van der Waals surface area contributed by atoms with Crippen LogP contribution in [0.5, 0.6) is 11.5 Å². The number of anilines is 1. The summed E-state index contributed by atoms with van der Waals surface area (Å²) in [6, 6.07) is 7.11. The molecule has 3 aliphatic carbocycles. The number of nitrogens with zero attached hydrogens (tertiary/aromatic N) is 6. The molecule has 1 aromatic carbocycles. The maximum atomic E-state index is 14.9. The highest BCUT2D eigenvalue weighted by Crippen LogP contribution is 2.52. The summed E-state index contributed by atoms with van der Waals surface area (Å²) >= 11 is 0. The SMILES string of the molecule is CC[C@@H]1C[C@]1(NC(=O)[C@@H]1C[C@@H](Oc2cc(-n3ccc(NC(C)C)n3)nc3cc(OCCN4CCN(C(=O)OC(C)(C)C)CC4)ccc23)CN1C(=O)C(NC(=O)O[C@@H]1C[C@@H]2C[C@@H]2C1)C(C)(C)C)C(=O)O. The van der Waals surface area contributed by atoms with Crippen LogP contribution >= 0.6 is 0 Å². The number of aromatic nitrogens is 3. The fourth-order valence-corrected chi connectivity index (χ4v) is 10.1. The van der Waals surface area contributed by atoms with Gasteiger partial charge in [-0.2, -0.15) is 0 Å². The van der Waals surface area contributed by atoms with E-state index in [1.807, 2.05) is 86.6 Å². The predicted octanol–water partition coefficient (Wildman–Crippen LogP) is 5.83. The van der Waals surface area contributed by atoms with Crippen molar-refractivity contribution in [3.05, 3.63) is 36.5 Å². The zero-order chi connectivity index (χ0) is 49.6. The second-order valence-corrected chi connectivity index (χ2v) is 22.0. The van der Waals surface area contributed by atoms with Gasteiger partial charge in [0.15, 0.2) is 5.82 Å². The molecule has 2 saturated heterocycles. The van der Waals surface area contributed by atoms with Crippen LogP contribution in [0.1, 0.15) is 101 Å². The number of aliphatic carboxylic acids is 1. The third-order valence-corrected chi connectivity index (χ3v) is 14.0. The third-order valence-electron chi connectivity index (χ3n) is 14.0. The number of pyridine rings is 1. The van der Waals surface area contributed by atoms with Crippen molar-refractivity contribution in [1.82, 2.24) is 40.1 Å². The molecule has 0 radical (unpaired) electrons. The maximum absolute atomic E-state index is 14.9. The first-order valence-corrected chi connectivity index (χ1v) is 24.7. The number of piperazine rings is 1. The molecular weight excluding hydrogens is 887 g/mol. The zero-order valence-corrected chi connectivity index (χ0v) is 41.6. The Morgan fingerprint density at radius 2 is 1.65 bits per heavy atom. The lowest BCUT2D eigenvalue weighted by Crippen LogP contribution is -2.59. The monoisotopic (exact) mass is 958 g/mol. The summed E-state index contributed by atoms with van der Waals surface area (Å²) in [5.74, 6) is 0.857. The van der Waals surface area contributed by atoms with Gasteiger partial charge in [0.05, 0.1) is 12.1 Å². The smallest absolute Gasteiger partial charge is 0.410 e. The Bertz CT molecular complexity index is 2390. The summed E-state index contributed by atoms with van der Waals surface area (Å²) in [4.78, 5) is 78.2. The molecule has 4 N–H and O–H groups in total. The van der Waals surface area contributed by atoms with Crippen LogP contribution < -0.4 is 25.4 Å². The minimum absolute atomic E-state index is 0.0277.